The van der Waals surface area contributed by atoms with Crippen LogP contribution < -0.4 is 10.1 Å². The highest BCUT2D eigenvalue weighted by Crippen LogP contribution is 2.37. The number of rotatable bonds is 6. The average Bonchev–Trinajstić information content (AvgIpc) is 3.09. The molecule has 2 aromatic rings. The topological polar surface area (TPSA) is 94.2 Å². The van der Waals surface area contributed by atoms with Crippen LogP contribution >= 0.6 is 22.9 Å². The first-order valence-electron chi connectivity index (χ1n) is 9.25. The second-order valence-corrected chi connectivity index (χ2v) is 7.90. The van der Waals surface area contributed by atoms with Crippen LogP contribution in [0.15, 0.2) is 24.3 Å². The highest BCUT2D eigenvalue weighted by atomic mass is 35.5. The number of fused-ring (bicyclic) bond motifs is 1. The molecule has 0 fully saturated rings. The van der Waals surface area contributed by atoms with E-state index in [9.17, 15) is 14.4 Å². The number of nitrogens with zero attached hydrogens (tertiary/aromatic N) is 1. The number of benzene rings is 1. The fourth-order valence-electron chi connectivity index (χ4n) is 3.04. The highest BCUT2D eigenvalue weighted by molar-refractivity contribution is 7.17. The van der Waals surface area contributed by atoms with Gasteiger partial charge in [-0.15, -0.1) is 11.3 Å². The van der Waals surface area contributed by atoms with Crippen LogP contribution in [0.5, 0.6) is 5.75 Å². The van der Waals surface area contributed by atoms with Crippen molar-refractivity contribution >= 4 is 45.9 Å². The van der Waals surface area contributed by atoms with Gasteiger partial charge in [0.1, 0.15) is 10.8 Å². The van der Waals surface area contributed by atoms with E-state index in [1.54, 1.807) is 36.1 Å². The van der Waals surface area contributed by atoms with Crippen LogP contribution in [0.2, 0.25) is 5.02 Å². The van der Waals surface area contributed by atoms with Gasteiger partial charge in [-0.1, -0.05) is 11.6 Å². The molecular weight excluding hydrogens is 432 g/mol. The highest BCUT2D eigenvalue weighted by Gasteiger charge is 2.31. The SMILES string of the molecule is CCOC(=O)c1c(NC(=O)COc2ccc(Cl)cc2)sc2c1CCN(C(=O)OC)C2. The van der Waals surface area contributed by atoms with Gasteiger partial charge in [0, 0.05) is 16.4 Å². The standard InChI is InChI=1S/C20H21ClN2O6S/c1-3-28-19(25)17-14-8-9-23(20(26)27-2)10-15(14)30-18(17)22-16(24)11-29-13-6-4-12(21)5-7-13/h4-7H,3,8-11H2,1-2H3,(H,22,24). The minimum atomic E-state index is -0.504. The number of halogens is 1. The lowest BCUT2D eigenvalue weighted by molar-refractivity contribution is -0.118. The number of thiophene rings is 1. The summed E-state index contributed by atoms with van der Waals surface area (Å²) in [6.45, 7) is 2.41. The first kappa shape index (κ1) is 21.9. The van der Waals surface area contributed by atoms with Gasteiger partial charge in [-0.2, -0.15) is 0 Å². The molecule has 0 aliphatic carbocycles. The minimum Gasteiger partial charge on any atom is -0.484 e. The van der Waals surface area contributed by atoms with E-state index in [1.165, 1.54) is 18.4 Å². The third-order valence-corrected chi connectivity index (χ3v) is 5.79. The summed E-state index contributed by atoms with van der Waals surface area (Å²) in [5, 5.41) is 3.69. The van der Waals surface area contributed by atoms with Gasteiger partial charge in [-0.05, 0) is 43.2 Å². The van der Waals surface area contributed by atoms with Gasteiger partial charge < -0.3 is 24.4 Å². The molecule has 1 aliphatic rings. The van der Waals surface area contributed by atoms with Gasteiger partial charge in [-0.25, -0.2) is 9.59 Å². The molecule has 3 rings (SSSR count). The molecule has 0 unspecified atom stereocenters. The number of hydrogen-bond acceptors (Lipinski definition) is 7. The van der Waals surface area contributed by atoms with Crippen molar-refractivity contribution in [1.82, 2.24) is 4.90 Å². The second kappa shape index (κ2) is 9.82. The van der Waals surface area contributed by atoms with Crippen LogP contribution in [0.4, 0.5) is 9.80 Å². The Morgan fingerprint density at radius 3 is 2.63 bits per heavy atom. The van der Waals surface area contributed by atoms with Crippen molar-refractivity contribution in [1.29, 1.82) is 0 Å². The van der Waals surface area contributed by atoms with Gasteiger partial charge in [-0.3, -0.25) is 4.79 Å². The van der Waals surface area contributed by atoms with Crippen LogP contribution in [0.25, 0.3) is 0 Å². The molecule has 0 atom stereocenters. The molecule has 1 aliphatic heterocycles. The van der Waals surface area contributed by atoms with Crippen molar-refractivity contribution in [2.24, 2.45) is 0 Å². The number of carbonyl (C=O) groups excluding carboxylic acids is 3. The summed E-state index contributed by atoms with van der Waals surface area (Å²) in [7, 11) is 1.32. The zero-order valence-electron chi connectivity index (χ0n) is 16.5. The third-order valence-electron chi connectivity index (χ3n) is 4.41. The molecule has 0 saturated heterocycles. The number of carbonyl (C=O) groups is 3. The van der Waals surface area contributed by atoms with Crippen molar-refractivity contribution in [2.45, 2.75) is 19.9 Å². The first-order valence-corrected chi connectivity index (χ1v) is 10.4. The van der Waals surface area contributed by atoms with Crippen LogP contribution in [0.3, 0.4) is 0 Å². The fraction of sp³-hybridized carbons (Fsp3) is 0.350. The lowest BCUT2D eigenvalue weighted by atomic mass is 10.0. The average molecular weight is 453 g/mol. The number of ether oxygens (including phenoxy) is 3. The Bertz CT molecular complexity index is 944. The molecule has 160 valence electrons. The number of anilines is 1. The molecule has 2 amide bonds. The Morgan fingerprint density at radius 1 is 1.23 bits per heavy atom. The maximum absolute atomic E-state index is 12.5. The first-order chi connectivity index (χ1) is 14.4. The quantitative estimate of drug-likeness (QED) is 0.671. The molecule has 10 heteroatoms. The van der Waals surface area contributed by atoms with E-state index in [0.29, 0.717) is 40.8 Å². The molecule has 2 heterocycles. The summed E-state index contributed by atoms with van der Waals surface area (Å²) in [4.78, 5) is 39.2. The lowest BCUT2D eigenvalue weighted by Crippen LogP contribution is -2.35. The molecular formula is C20H21ClN2O6S. The Labute approximate surface area is 182 Å². The predicted octanol–water partition coefficient (Wildman–Crippen LogP) is 3.72. The third kappa shape index (κ3) is 5.03. The Balaban J connectivity index is 1.76. The van der Waals surface area contributed by atoms with Crippen molar-refractivity contribution in [2.75, 3.05) is 32.2 Å². The largest absolute Gasteiger partial charge is 0.484 e. The van der Waals surface area contributed by atoms with Gasteiger partial charge in [0.15, 0.2) is 6.61 Å². The summed E-state index contributed by atoms with van der Waals surface area (Å²) in [5.74, 6) is -0.422. The smallest absolute Gasteiger partial charge is 0.409 e. The monoisotopic (exact) mass is 452 g/mol. The molecule has 0 radical (unpaired) electrons. The van der Waals surface area contributed by atoms with Crippen LogP contribution in [0, 0.1) is 0 Å². The lowest BCUT2D eigenvalue weighted by Gasteiger charge is -2.25. The molecule has 30 heavy (non-hydrogen) atoms. The van der Waals surface area contributed by atoms with Crippen LogP contribution in [-0.2, 0) is 27.2 Å². The van der Waals surface area contributed by atoms with E-state index in [4.69, 9.17) is 25.8 Å². The van der Waals surface area contributed by atoms with Gasteiger partial charge in [0.05, 0.1) is 25.8 Å². The van der Waals surface area contributed by atoms with Gasteiger partial charge in [0.25, 0.3) is 5.91 Å². The Kier molecular flexibility index (Phi) is 7.17. The van der Waals surface area contributed by atoms with Gasteiger partial charge in [0.2, 0.25) is 0 Å². The molecule has 1 N–H and O–H groups in total. The van der Waals surface area contributed by atoms with E-state index < -0.39 is 18.0 Å². The predicted molar refractivity (Wildman–Crippen MR) is 112 cm³/mol. The molecule has 0 spiro atoms. The normalized spacial score (nSPS) is 12.7. The molecule has 8 nitrogen and oxygen atoms in total. The number of amides is 2. The fourth-order valence-corrected chi connectivity index (χ4v) is 4.43. The van der Waals surface area contributed by atoms with Crippen LogP contribution in [-0.4, -0.2) is 49.7 Å². The second-order valence-electron chi connectivity index (χ2n) is 6.36. The van der Waals surface area contributed by atoms with Crippen molar-refractivity contribution in [3.05, 3.63) is 45.3 Å². The molecule has 0 bridgehead atoms. The minimum absolute atomic E-state index is 0.213. The summed E-state index contributed by atoms with van der Waals surface area (Å²) in [5.41, 5.74) is 1.12. The molecule has 0 saturated carbocycles. The Hall–Kier alpha value is -2.78. The molecule has 1 aromatic heterocycles. The number of hydrogen-bond donors (Lipinski definition) is 1. The maximum Gasteiger partial charge on any atom is 0.409 e. The summed E-state index contributed by atoms with van der Waals surface area (Å²) >= 11 is 7.08. The van der Waals surface area contributed by atoms with E-state index in [-0.39, 0.29) is 13.2 Å². The number of nitrogens with one attached hydrogen (secondary N) is 1. The van der Waals surface area contributed by atoms with Crippen molar-refractivity contribution in [3.63, 3.8) is 0 Å². The molecule has 1 aromatic carbocycles. The zero-order chi connectivity index (χ0) is 21.7. The summed E-state index contributed by atoms with van der Waals surface area (Å²) < 4.78 is 15.4. The van der Waals surface area contributed by atoms with Gasteiger partial charge >= 0.3 is 12.1 Å². The van der Waals surface area contributed by atoms with E-state index in [0.717, 1.165) is 10.4 Å². The van der Waals surface area contributed by atoms with Crippen molar-refractivity contribution in [3.8, 4) is 5.75 Å². The summed E-state index contributed by atoms with van der Waals surface area (Å²) in [6.07, 6.45) is 0.0281. The number of esters is 1. The zero-order valence-corrected chi connectivity index (χ0v) is 18.1. The van der Waals surface area contributed by atoms with E-state index in [1.807, 2.05) is 0 Å². The van der Waals surface area contributed by atoms with E-state index >= 15 is 0 Å². The Morgan fingerprint density at radius 2 is 1.97 bits per heavy atom. The van der Waals surface area contributed by atoms with Crippen molar-refractivity contribution < 1.29 is 28.6 Å². The van der Waals surface area contributed by atoms with E-state index in [2.05, 4.69) is 5.32 Å². The summed E-state index contributed by atoms with van der Waals surface area (Å²) in [6, 6.07) is 6.64. The number of methoxy groups -OCH3 is 1. The van der Waals surface area contributed by atoms with Crippen LogP contribution in [0.1, 0.15) is 27.7 Å². The maximum atomic E-state index is 12.5.